The summed E-state index contributed by atoms with van der Waals surface area (Å²) in [4.78, 5) is 12.7. The fourth-order valence-corrected chi connectivity index (χ4v) is 2.73. The highest BCUT2D eigenvalue weighted by Gasteiger charge is 2.09. The summed E-state index contributed by atoms with van der Waals surface area (Å²) >= 11 is 0. The van der Waals surface area contributed by atoms with Crippen LogP contribution in [0.5, 0.6) is 0 Å². The topological polar surface area (TPSA) is 46.2 Å². The van der Waals surface area contributed by atoms with Crippen LogP contribution in [0.3, 0.4) is 0 Å². The molecule has 1 aliphatic rings. The van der Waals surface area contributed by atoms with E-state index in [9.17, 15) is 9.00 Å². The molecule has 1 aromatic rings. The summed E-state index contributed by atoms with van der Waals surface area (Å²) in [5.74, 6) is 0.0264. The predicted octanol–water partition coefficient (Wildman–Crippen LogP) is 3.25. The molecule has 102 valence electrons. The van der Waals surface area contributed by atoms with Gasteiger partial charge in [-0.25, -0.2) is 0 Å². The summed E-state index contributed by atoms with van der Waals surface area (Å²) in [6, 6.07) is 7.16. The molecular weight excluding hydrogens is 258 g/mol. The largest absolute Gasteiger partial charge is 0.326 e. The van der Waals surface area contributed by atoms with Crippen molar-refractivity contribution in [2.45, 2.75) is 37.0 Å². The molecule has 0 saturated carbocycles. The van der Waals surface area contributed by atoms with Crippen LogP contribution < -0.4 is 5.32 Å². The standard InChI is InChI=1S/C15H19NO2S/c1-19(18)14-9-7-13(8-10-14)16-15(17)11-12-5-3-2-4-6-12/h5,7-10H,2-4,6,11H2,1H3,(H,16,17)/t19-/m1/s1. The molecule has 0 heterocycles. The van der Waals surface area contributed by atoms with Crippen LogP contribution in [-0.2, 0) is 15.6 Å². The van der Waals surface area contributed by atoms with E-state index in [1.807, 2.05) is 0 Å². The molecule has 0 spiro atoms. The van der Waals surface area contributed by atoms with Crippen LogP contribution in [0.1, 0.15) is 32.1 Å². The van der Waals surface area contributed by atoms with Crippen molar-refractivity contribution >= 4 is 22.4 Å². The Morgan fingerprint density at radius 3 is 2.58 bits per heavy atom. The van der Waals surface area contributed by atoms with E-state index >= 15 is 0 Å². The van der Waals surface area contributed by atoms with Crippen molar-refractivity contribution in [3.63, 3.8) is 0 Å². The highest BCUT2D eigenvalue weighted by Crippen LogP contribution is 2.20. The number of carbonyl (C=O) groups is 1. The minimum Gasteiger partial charge on any atom is -0.326 e. The van der Waals surface area contributed by atoms with Crippen LogP contribution in [0.2, 0.25) is 0 Å². The van der Waals surface area contributed by atoms with Gasteiger partial charge in [-0.2, -0.15) is 0 Å². The van der Waals surface area contributed by atoms with Gasteiger partial charge in [0.15, 0.2) is 0 Å². The normalized spacial score (nSPS) is 16.6. The third-order valence-corrected chi connectivity index (χ3v) is 4.18. The third-order valence-electron chi connectivity index (χ3n) is 3.24. The zero-order valence-electron chi connectivity index (χ0n) is 11.1. The Labute approximate surface area is 116 Å². The Hall–Kier alpha value is -1.42. The number of amides is 1. The average molecular weight is 277 g/mol. The van der Waals surface area contributed by atoms with Crippen LogP contribution in [0.15, 0.2) is 40.8 Å². The predicted molar refractivity (Wildman–Crippen MR) is 78.6 cm³/mol. The zero-order chi connectivity index (χ0) is 13.7. The Morgan fingerprint density at radius 2 is 2.00 bits per heavy atom. The minimum absolute atomic E-state index is 0.0264. The van der Waals surface area contributed by atoms with Gasteiger partial charge >= 0.3 is 0 Å². The molecule has 1 aliphatic carbocycles. The Kier molecular flexibility index (Phi) is 4.91. The SMILES string of the molecule is C[S@@](=O)c1ccc(NC(=O)CC2=CCCCC2)cc1. The highest BCUT2D eigenvalue weighted by atomic mass is 32.2. The summed E-state index contributed by atoms with van der Waals surface area (Å²) in [6.07, 6.45) is 8.88. The number of hydrogen-bond donors (Lipinski definition) is 1. The third kappa shape index (κ3) is 4.31. The van der Waals surface area contributed by atoms with E-state index < -0.39 is 10.8 Å². The molecule has 0 aliphatic heterocycles. The van der Waals surface area contributed by atoms with Gasteiger partial charge in [0.2, 0.25) is 5.91 Å². The van der Waals surface area contributed by atoms with E-state index in [1.54, 1.807) is 30.5 Å². The Bertz CT molecular complexity index is 505. The molecule has 1 aromatic carbocycles. The summed E-state index contributed by atoms with van der Waals surface area (Å²) in [7, 11) is -0.977. The number of nitrogens with one attached hydrogen (secondary N) is 1. The Morgan fingerprint density at radius 1 is 1.26 bits per heavy atom. The molecule has 1 amide bonds. The molecule has 4 heteroatoms. The maximum Gasteiger partial charge on any atom is 0.228 e. The van der Waals surface area contributed by atoms with Crippen molar-refractivity contribution in [2.75, 3.05) is 11.6 Å². The van der Waals surface area contributed by atoms with Crippen molar-refractivity contribution in [1.29, 1.82) is 0 Å². The number of carbonyl (C=O) groups excluding carboxylic acids is 1. The van der Waals surface area contributed by atoms with E-state index in [0.717, 1.165) is 23.4 Å². The van der Waals surface area contributed by atoms with E-state index in [-0.39, 0.29) is 5.91 Å². The maximum absolute atomic E-state index is 11.9. The molecule has 2 rings (SSSR count). The van der Waals surface area contributed by atoms with E-state index in [4.69, 9.17) is 0 Å². The summed E-state index contributed by atoms with van der Waals surface area (Å²) in [6.45, 7) is 0. The summed E-state index contributed by atoms with van der Waals surface area (Å²) in [5.41, 5.74) is 2.01. The van der Waals surface area contributed by atoms with Crippen molar-refractivity contribution in [3.8, 4) is 0 Å². The molecule has 0 radical (unpaired) electrons. The number of benzene rings is 1. The first-order valence-electron chi connectivity index (χ1n) is 6.56. The smallest absolute Gasteiger partial charge is 0.228 e. The van der Waals surface area contributed by atoms with Gasteiger partial charge in [-0.1, -0.05) is 11.6 Å². The molecule has 0 bridgehead atoms. The fraction of sp³-hybridized carbons (Fsp3) is 0.400. The first-order valence-corrected chi connectivity index (χ1v) is 8.12. The van der Waals surface area contributed by atoms with Crippen molar-refractivity contribution in [2.24, 2.45) is 0 Å². The van der Waals surface area contributed by atoms with Crippen LogP contribution in [-0.4, -0.2) is 16.4 Å². The van der Waals surface area contributed by atoms with Gasteiger partial charge in [-0.05, 0) is 49.9 Å². The lowest BCUT2D eigenvalue weighted by Gasteiger charge is -2.12. The van der Waals surface area contributed by atoms with E-state index in [2.05, 4.69) is 11.4 Å². The molecule has 3 nitrogen and oxygen atoms in total. The molecule has 19 heavy (non-hydrogen) atoms. The maximum atomic E-state index is 11.9. The van der Waals surface area contributed by atoms with Crippen molar-refractivity contribution < 1.29 is 9.00 Å². The van der Waals surface area contributed by atoms with Crippen molar-refractivity contribution in [3.05, 3.63) is 35.9 Å². The van der Waals surface area contributed by atoms with Gasteiger partial charge in [0.25, 0.3) is 0 Å². The van der Waals surface area contributed by atoms with E-state index in [0.29, 0.717) is 6.42 Å². The average Bonchev–Trinajstić information content (AvgIpc) is 2.40. The number of hydrogen-bond acceptors (Lipinski definition) is 2. The zero-order valence-corrected chi connectivity index (χ0v) is 12.0. The van der Waals surface area contributed by atoms with Gasteiger partial charge in [0.05, 0.1) is 0 Å². The van der Waals surface area contributed by atoms with Crippen LogP contribution in [0.4, 0.5) is 5.69 Å². The molecule has 0 saturated heterocycles. The number of anilines is 1. The van der Waals surface area contributed by atoms with Crippen LogP contribution in [0.25, 0.3) is 0 Å². The highest BCUT2D eigenvalue weighted by molar-refractivity contribution is 7.84. The molecule has 0 fully saturated rings. The quantitative estimate of drug-likeness (QED) is 0.859. The van der Waals surface area contributed by atoms with Gasteiger partial charge in [0.1, 0.15) is 0 Å². The number of rotatable bonds is 4. The molecule has 0 unspecified atom stereocenters. The molecule has 0 aromatic heterocycles. The Balaban J connectivity index is 1.91. The van der Waals surface area contributed by atoms with E-state index in [1.165, 1.54) is 18.4 Å². The lowest BCUT2D eigenvalue weighted by Crippen LogP contribution is -2.13. The molecule has 1 atom stereocenters. The van der Waals surface area contributed by atoms with Gasteiger partial charge in [-0.3, -0.25) is 9.00 Å². The fourth-order valence-electron chi connectivity index (χ4n) is 2.21. The molecular formula is C15H19NO2S. The molecule has 1 N–H and O–H groups in total. The van der Waals surface area contributed by atoms with Crippen LogP contribution >= 0.6 is 0 Å². The second-order valence-corrected chi connectivity index (χ2v) is 6.19. The van der Waals surface area contributed by atoms with Gasteiger partial charge in [-0.15, -0.1) is 0 Å². The lowest BCUT2D eigenvalue weighted by molar-refractivity contribution is -0.115. The summed E-state index contributed by atoms with van der Waals surface area (Å²) < 4.78 is 11.3. The van der Waals surface area contributed by atoms with Gasteiger partial charge < -0.3 is 5.32 Å². The minimum atomic E-state index is -0.977. The number of allylic oxidation sites excluding steroid dienone is 1. The lowest BCUT2D eigenvalue weighted by atomic mass is 9.97. The second-order valence-electron chi connectivity index (χ2n) is 4.81. The van der Waals surface area contributed by atoms with Crippen molar-refractivity contribution in [1.82, 2.24) is 0 Å². The van der Waals surface area contributed by atoms with Crippen LogP contribution in [0, 0.1) is 0 Å². The van der Waals surface area contributed by atoms with Gasteiger partial charge in [0, 0.05) is 34.1 Å². The summed E-state index contributed by atoms with van der Waals surface area (Å²) in [5, 5.41) is 2.88. The second kappa shape index (κ2) is 6.66. The monoisotopic (exact) mass is 277 g/mol. The first kappa shape index (κ1) is 14.0. The first-order chi connectivity index (χ1) is 9.15.